The molecule has 0 atom stereocenters. The van der Waals surface area contributed by atoms with Crippen molar-refractivity contribution in [1.82, 2.24) is 20.0 Å². The highest BCUT2D eigenvalue weighted by molar-refractivity contribution is 6.30. The number of amides is 2. The number of nitrogens with one attached hydrogen (secondary N) is 2. The summed E-state index contributed by atoms with van der Waals surface area (Å²) in [6.07, 6.45) is 1.37. The maximum atomic E-state index is 13.0. The van der Waals surface area contributed by atoms with E-state index in [0.717, 1.165) is 22.2 Å². The lowest BCUT2D eigenvalue weighted by atomic mass is 10.00. The number of aromatic nitrogens is 2. The largest absolute Gasteiger partial charge is 0.445 e. The predicted octanol–water partition coefficient (Wildman–Crippen LogP) is 3.89. The molecule has 8 nitrogen and oxygen atoms in total. The molecule has 1 fully saturated rings. The molecule has 9 heteroatoms. The number of nitrogens with zero attached hydrogens (tertiary/aromatic N) is 3. The second-order valence-electron chi connectivity index (χ2n) is 8.34. The summed E-state index contributed by atoms with van der Waals surface area (Å²) in [6.45, 7) is 6.15. The molecule has 0 spiro atoms. The van der Waals surface area contributed by atoms with Crippen LogP contribution in [0.5, 0.6) is 0 Å². The number of halogens is 1. The van der Waals surface area contributed by atoms with E-state index < -0.39 is 5.54 Å². The number of carbonyl (C=O) groups is 2. The van der Waals surface area contributed by atoms with Gasteiger partial charge in [-0.2, -0.15) is 5.10 Å². The molecule has 2 heterocycles. The molecule has 168 valence electrons. The molecule has 1 aliphatic rings. The summed E-state index contributed by atoms with van der Waals surface area (Å²) >= 11 is 5.88. The third kappa shape index (κ3) is 4.87. The first-order valence-corrected chi connectivity index (χ1v) is 10.9. The third-order valence-electron chi connectivity index (χ3n) is 5.86. The monoisotopic (exact) mass is 455 g/mol. The fourth-order valence-electron chi connectivity index (χ4n) is 3.71. The number of fused-ring (bicyclic) bond motifs is 1. The number of anilines is 1. The van der Waals surface area contributed by atoms with Gasteiger partial charge < -0.3 is 15.0 Å². The van der Waals surface area contributed by atoms with Crippen LogP contribution in [0.3, 0.4) is 0 Å². The Morgan fingerprint density at radius 2 is 1.84 bits per heavy atom. The molecule has 2 aromatic carbocycles. The van der Waals surface area contributed by atoms with Crippen molar-refractivity contribution in [3.8, 4) is 0 Å². The molecule has 32 heavy (non-hydrogen) atoms. The smallest absolute Gasteiger partial charge is 0.410 e. The molecule has 3 aromatic rings. The maximum absolute atomic E-state index is 13.0. The molecule has 2 N–H and O–H groups in total. The number of carbonyl (C=O) groups excluding carboxylic acids is 2. The van der Waals surface area contributed by atoms with E-state index in [4.69, 9.17) is 16.3 Å². The van der Waals surface area contributed by atoms with Crippen LogP contribution in [-0.4, -0.2) is 63.7 Å². The van der Waals surface area contributed by atoms with E-state index in [-0.39, 0.29) is 18.6 Å². The van der Waals surface area contributed by atoms with Crippen molar-refractivity contribution in [3.05, 3.63) is 59.2 Å². The Morgan fingerprint density at radius 3 is 2.56 bits per heavy atom. The summed E-state index contributed by atoms with van der Waals surface area (Å²) in [4.78, 5) is 29.2. The van der Waals surface area contributed by atoms with Crippen LogP contribution in [0.15, 0.2) is 48.7 Å². The quantitative estimate of drug-likeness (QED) is 0.609. The molecule has 1 saturated heterocycles. The van der Waals surface area contributed by atoms with E-state index in [2.05, 4.69) is 20.4 Å². The Kier molecular flexibility index (Phi) is 6.34. The number of ether oxygens (including phenoxy) is 1. The van der Waals surface area contributed by atoms with Gasteiger partial charge in [0.25, 0.3) is 0 Å². The second kappa shape index (κ2) is 9.18. The van der Waals surface area contributed by atoms with Gasteiger partial charge in [0, 0.05) is 42.3 Å². The normalized spacial score (nSPS) is 15.0. The standard InChI is InChI=1S/C23H26ClN5O3/c1-23(2,21(30)26-19-7-8-20-17(13-19)14-25-27-20)29-11-9-28(10-12-29)22(31)32-15-16-3-5-18(24)6-4-16/h3-8,13-14H,9-12,15H2,1-2H3,(H,25,27)(H,26,30). The van der Waals surface area contributed by atoms with E-state index in [1.807, 2.05) is 44.2 Å². The Bertz CT molecular complexity index is 1100. The van der Waals surface area contributed by atoms with Crippen LogP contribution in [0.1, 0.15) is 19.4 Å². The first-order chi connectivity index (χ1) is 15.3. The zero-order chi connectivity index (χ0) is 22.7. The van der Waals surface area contributed by atoms with Crippen molar-refractivity contribution in [1.29, 1.82) is 0 Å². The highest BCUT2D eigenvalue weighted by Crippen LogP contribution is 2.22. The lowest BCUT2D eigenvalue weighted by Crippen LogP contribution is -2.60. The van der Waals surface area contributed by atoms with E-state index in [0.29, 0.717) is 31.2 Å². The summed E-state index contributed by atoms with van der Waals surface area (Å²) in [7, 11) is 0. The van der Waals surface area contributed by atoms with Crippen LogP contribution in [0.25, 0.3) is 10.9 Å². The molecule has 1 aliphatic heterocycles. The first kappa shape index (κ1) is 22.1. The average molecular weight is 456 g/mol. The van der Waals surface area contributed by atoms with E-state index in [1.54, 1.807) is 23.2 Å². The summed E-state index contributed by atoms with van der Waals surface area (Å²) in [5.41, 5.74) is 1.79. The molecule has 0 unspecified atom stereocenters. The highest BCUT2D eigenvalue weighted by atomic mass is 35.5. The Morgan fingerprint density at radius 1 is 1.12 bits per heavy atom. The third-order valence-corrected chi connectivity index (χ3v) is 6.11. The number of hydrogen-bond donors (Lipinski definition) is 2. The fraction of sp³-hybridized carbons (Fsp3) is 0.348. The molecular weight excluding hydrogens is 430 g/mol. The molecule has 2 amide bonds. The van der Waals surface area contributed by atoms with Crippen molar-refractivity contribution < 1.29 is 14.3 Å². The zero-order valence-corrected chi connectivity index (χ0v) is 18.9. The minimum Gasteiger partial charge on any atom is -0.445 e. The van der Waals surface area contributed by atoms with Crippen LogP contribution in [0, 0.1) is 0 Å². The van der Waals surface area contributed by atoms with Crippen LogP contribution < -0.4 is 5.32 Å². The summed E-state index contributed by atoms with van der Waals surface area (Å²) in [5.74, 6) is -0.0980. The summed E-state index contributed by atoms with van der Waals surface area (Å²) < 4.78 is 5.42. The molecule has 1 aromatic heterocycles. The van der Waals surface area contributed by atoms with Gasteiger partial charge in [-0.1, -0.05) is 23.7 Å². The fourth-order valence-corrected chi connectivity index (χ4v) is 3.84. The number of aromatic amines is 1. The molecule has 0 saturated carbocycles. The summed E-state index contributed by atoms with van der Waals surface area (Å²) in [5, 5.41) is 11.5. The number of hydrogen-bond acceptors (Lipinski definition) is 5. The van der Waals surface area contributed by atoms with Crippen LogP contribution in [0.4, 0.5) is 10.5 Å². The van der Waals surface area contributed by atoms with Gasteiger partial charge in [0.1, 0.15) is 6.61 Å². The minimum atomic E-state index is -0.731. The number of benzene rings is 2. The van der Waals surface area contributed by atoms with Crippen molar-refractivity contribution in [2.75, 3.05) is 31.5 Å². The van der Waals surface area contributed by atoms with Crippen molar-refractivity contribution >= 4 is 40.2 Å². The SMILES string of the molecule is CC(C)(C(=O)Nc1ccc2[nH]ncc2c1)N1CCN(C(=O)OCc2ccc(Cl)cc2)CC1. The second-order valence-corrected chi connectivity index (χ2v) is 8.78. The average Bonchev–Trinajstić information content (AvgIpc) is 3.26. The number of H-pyrrole nitrogens is 1. The Labute approximate surface area is 191 Å². The molecule has 0 radical (unpaired) electrons. The van der Waals surface area contributed by atoms with Crippen LogP contribution in [0.2, 0.25) is 5.02 Å². The van der Waals surface area contributed by atoms with Gasteiger partial charge >= 0.3 is 6.09 Å². The van der Waals surface area contributed by atoms with Gasteiger partial charge in [0.15, 0.2) is 0 Å². The minimum absolute atomic E-state index is 0.0980. The van der Waals surface area contributed by atoms with Gasteiger partial charge in [-0.15, -0.1) is 0 Å². The van der Waals surface area contributed by atoms with Gasteiger partial charge in [-0.3, -0.25) is 14.8 Å². The molecule has 0 bridgehead atoms. The topological polar surface area (TPSA) is 90.6 Å². The molecular formula is C23H26ClN5O3. The van der Waals surface area contributed by atoms with Gasteiger partial charge in [0.2, 0.25) is 5.91 Å². The van der Waals surface area contributed by atoms with Gasteiger partial charge in [-0.05, 0) is 49.7 Å². The summed E-state index contributed by atoms with van der Waals surface area (Å²) in [6, 6.07) is 12.8. The maximum Gasteiger partial charge on any atom is 0.410 e. The van der Waals surface area contributed by atoms with Crippen LogP contribution in [-0.2, 0) is 16.1 Å². The van der Waals surface area contributed by atoms with Crippen molar-refractivity contribution in [3.63, 3.8) is 0 Å². The molecule has 0 aliphatic carbocycles. The van der Waals surface area contributed by atoms with Crippen molar-refractivity contribution in [2.45, 2.75) is 26.0 Å². The zero-order valence-electron chi connectivity index (χ0n) is 18.1. The van der Waals surface area contributed by atoms with Gasteiger partial charge in [0.05, 0.1) is 17.3 Å². The van der Waals surface area contributed by atoms with E-state index >= 15 is 0 Å². The number of piperazine rings is 1. The van der Waals surface area contributed by atoms with E-state index in [1.165, 1.54) is 0 Å². The van der Waals surface area contributed by atoms with E-state index in [9.17, 15) is 9.59 Å². The van der Waals surface area contributed by atoms with Crippen LogP contribution >= 0.6 is 11.6 Å². The highest BCUT2D eigenvalue weighted by Gasteiger charge is 2.37. The van der Waals surface area contributed by atoms with Crippen molar-refractivity contribution in [2.24, 2.45) is 0 Å². The molecule has 4 rings (SSSR count). The Hall–Kier alpha value is -3.10. The predicted molar refractivity (Wildman–Crippen MR) is 124 cm³/mol. The first-order valence-electron chi connectivity index (χ1n) is 10.5. The van der Waals surface area contributed by atoms with Gasteiger partial charge in [-0.25, -0.2) is 4.79 Å². The number of rotatable bonds is 5. The Balaban J connectivity index is 1.29. The lowest BCUT2D eigenvalue weighted by Gasteiger charge is -2.42. The lowest BCUT2D eigenvalue weighted by molar-refractivity contribution is -0.127.